The molecule has 0 fully saturated rings. The number of rotatable bonds is 8. The predicted octanol–water partition coefficient (Wildman–Crippen LogP) is 4.05. The van der Waals surface area contributed by atoms with Crippen LogP contribution in [0.25, 0.3) is 11.5 Å². The quantitative estimate of drug-likeness (QED) is 0.570. The van der Waals surface area contributed by atoms with Crippen molar-refractivity contribution in [3.8, 4) is 17.2 Å². The molecule has 0 spiro atoms. The van der Waals surface area contributed by atoms with Crippen LogP contribution in [0.15, 0.2) is 58.2 Å². The van der Waals surface area contributed by atoms with Crippen molar-refractivity contribution < 1.29 is 22.7 Å². The number of ether oxygens (including phenoxy) is 1. The molecule has 1 amide bonds. The minimum absolute atomic E-state index is 0.0399. The molecule has 0 saturated heterocycles. The Morgan fingerprint density at radius 3 is 2.54 bits per heavy atom. The Morgan fingerprint density at radius 1 is 1.14 bits per heavy atom. The van der Waals surface area contributed by atoms with Gasteiger partial charge in [0.2, 0.25) is 11.8 Å². The summed E-state index contributed by atoms with van der Waals surface area (Å²) < 4.78 is 34.1. The minimum atomic E-state index is -2.88. The van der Waals surface area contributed by atoms with Gasteiger partial charge in [-0.3, -0.25) is 4.79 Å². The van der Waals surface area contributed by atoms with E-state index in [1.807, 2.05) is 31.2 Å². The lowest BCUT2D eigenvalue weighted by molar-refractivity contribution is -0.118. The van der Waals surface area contributed by atoms with Crippen molar-refractivity contribution in [1.29, 1.82) is 0 Å². The second-order valence-electron chi connectivity index (χ2n) is 5.83. The van der Waals surface area contributed by atoms with Crippen LogP contribution in [-0.2, 0) is 11.3 Å². The van der Waals surface area contributed by atoms with Gasteiger partial charge in [0, 0.05) is 12.1 Å². The van der Waals surface area contributed by atoms with Gasteiger partial charge in [-0.25, -0.2) is 0 Å². The molecule has 1 heterocycles. The van der Waals surface area contributed by atoms with Crippen LogP contribution in [0.4, 0.5) is 8.78 Å². The number of thioether (sulfide) groups is 1. The van der Waals surface area contributed by atoms with Crippen LogP contribution in [0.2, 0.25) is 0 Å². The highest BCUT2D eigenvalue weighted by Gasteiger charge is 2.12. The van der Waals surface area contributed by atoms with E-state index in [4.69, 9.17) is 4.42 Å². The Balaban J connectivity index is 1.48. The first-order valence-corrected chi connectivity index (χ1v) is 9.32. The molecule has 0 unspecified atom stereocenters. The molecule has 0 saturated carbocycles. The lowest BCUT2D eigenvalue weighted by atomic mass is 10.1. The molecule has 0 aliphatic heterocycles. The minimum Gasteiger partial charge on any atom is -0.435 e. The van der Waals surface area contributed by atoms with Crippen molar-refractivity contribution >= 4 is 17.7 Å². The fourth-order valence-corrected chi connectivity index (χ4v) is 2.84. The van der Waals surface area contributed by atoms with Crippen molar-refractivity contribution in [3.63, 3.8) is 0 Å². The van der Waals surface area contributed by atoms with Gasteiger partial charge in [0.1, 0.15) is 5.75 Å². The SMILES string of the molecule is Cc1ccc(CNC(=O)CSc2nnc(-c3ccc(OC(F)F)cc3)o2)cc1. The highest BCUT2D eigenvalue weighted by molar-refractivity contribution is 7.99. The topological polar surface area (TPSA) is 77.2 Å². The Hall–Kier alpha value is -2.94. The summed E-state index contributed by atoms with van der Waals surface area (Å²) in [7, 11) is 0. The fourth-order valence-electron chi connectivity index (χ4n) is 2.25. The van der Waals surface area contributed by atoms with E-state index in [0.29, 0.717) is 12.1 Å². The number of aryl methyl sites for hydroxylation is 1. The van der Waals surface area contributed by atoms with Crippen molar-refractivity contribution in [1.82, 2.24) is 15.5 Å². The maximum absolute atomic E-state index is 12.2. The van der Waals surface area contributed by atoms with Gasteiger partial charge in [-0.05, 0) is 36.8 Å². The number of carbonyl (C=O) groups is 1. The summed E-state index contributed by atoms with van der Waals surface area (Å²) in [6.07, 6.45) is 0. The molecule has 0 atom stereocenters. The van der Waals surface area contributed by atoms with Gasteiger partial charge in [0.15, 0.2) is 0 Å². The van der Waals surface area contributed by atoms with Crippen LogP contribution in [-0.4, -0.2) is 28.5 Å². The van der Waals surface area contributed by atoms with Crippen molar-refractivity contribution in [2.24, 2.45) is 0 Å². The van der Waals surface area contributed by atoms with Crippen molar-refractivity contribution in [3.05, 3.63) is 59.7 Å². The maximum atomic E-state index is 12.2. The molecule has 6 nitrogen and oxygen atoms in total. The van der Waals surface area contributed by atoms with Crippen LogP contribution in [0.1, 0.15) is 11.1 Å². The summed E-state index contributed by atoms with van der Waals surface area (Å²) in [5, 5.41) is 10.8. The molecular weight excluding hydrogens is 388 g/mol. The Labute approximate surface area is 164 Å². The summed E-state index contributed by atoms with van der Waals surface area (Å²) in [6.45, 7) is -0.431. The number of nitrogens with one attached hydrogen (secondary N) is 1. The molecule has 1 N–H and O–H groups in total. The van der Waals surface area contributed by atoms with Crippen LogP contribution >= 0.6 is 11.8 Å². The molecule has 3 rings (SSSR count). The zero-order valence-electron chi connectivity index (χ0n) is 14.9. The van der Waals surface area contributed by atoms with E-state index in [1.165, 1.54) is 24.3 Å². The van der Waals surface area contributed by atoms with Gasteiger partial charge in [-0.2, -0.15) is 8.78 Å². The average Bonchev–Trinajstić information content (AvgIpc) is 3.15. The molecule has 0 radical (unpaired) electrons. The third kappa shape index (κ3) is 5.78. The Morgan fingerprint density at radius 2 is 1.86 bits per heavy atom. The standard InChI is InChI=1S/C19H17F2N3O3S/c1-12-2-4-13(5-3-12)10-22-16(25)11-28-19-24-23-17(27-19)14-6-8-15(9-7-14)26-18(20)21/h2-9,18H,10-11H2,1H3,(H,22,25). The number of benzene rings is 2. The highest BCUT2D eigenvalue weighted by atomic mass is 32.2. The van der Waals surface area contributed by atoms with Crippen LogP contribution in [0.5, 0.6) is 5.75 Å². The third-order valence-corrected chi connectivity index (χ3v) is 4.49. The monoisotopic (exact) mass is 405 g/mol. The second-order valence-corrected chi connectivity index (χ2v) is 6.75. The summed E-state index contributed by atoms with van der Waals surface area (Å²) in [5.41, 5.74) is 2.74. The molecule has 146 valence electrons. The predicted molar refractivity (Wildman–Crippen MR) is 100 cm³/mol. The van der Waals surface area contributed by atoms with Gasteiger partial charge in [0.05, 0.1) is 5.75 Å². The summed E-state index contributed by atoms with van der Waals surface area (Å²) in [4.78, 5) is 12.0. The molecule has 0 aliphatic carbocycles. The van der Waals surface area contributed by atoms with Gasteiger partial charge >= 0.3 is 6.61 Å². The van der Waals surface area contributed by atoms with E-state index in [9.17, 15) is 13.6 Å². The van der Waals surface area contributed by atoms with E-state index < -0.39 is 6.61 Å². The first-order valence-electron chi connectivity index (χ1n) is 8.33. The third-order valence-electron chi connectivity index (χ3n) is 3.67. The number of hydrogen-bond donors (Lipinski definition) is 1. The highest BCUT2D eigenvalue weighted by Crippen LogP contribution is 2.25. The lowest BCUT2D eigenvalue weighted by Crippen LogP contribution is -2.24. The molecule has 3 aromatic rings. The van der Waals surface area contributed by atoms with Gasteiger partial charge in [-0.15, -0.1) is 10.2 Å². The van der Waals surface area contributed by atoms with Gasteiger partial charge < -0.3 is 14.5 Å². The first kappa shape index (κ1) is 19.8. The summed E-state index contributed by atoms with van der Waals surface area (Å²) in [6, 6.07) is 13.7. The van der Waals surface area contributed by atoms with E-state index in [2.05, 4.69) is 20.3 Å². The second kappa shape index (κ2) is 9.32. The number of amides is 1. The molecule has 0 bridgehead atoms. The molecule has 9 heteroatoms. The van der Waals surface area contributed by atoms with Crippen LogP contribution in [0, 0.1) is 6.92 Å². The van der Waals surface area contributed by atoms with Gasteiger partial charge in [0.25, 0.3) is 5.22 Å². The lowest BCUT2D eigenvalue weighted by Gasteiger charge is -2.04. The van der Waals surface area contributed by atoms with Gasteiger partial charge in [-0.1, -0.05) is 41.6 Å². The number of nitrogens with zero attached hydrogens (tertiary/aromatic N) is 2. The molecule has 2 aromatic carbocycles. The van der Waals surface area contributed by atoms with Crippen molar-refractivity contribution in [2.45, 2.75) is 25.3 Å². The van der Waals surface area contributed by atoms with Crippen molar-refractivity contribution in [2.75, 3.05) is 5.75 Å². The molecule has 0 aliphatic rings. The maximum Gasteiger partial charge on any atom is 0.387 e. The normalized spacial score (nSPS) is 10.9. The van der Waals surface area contributed by atoms with E-state index in [0.717, 1.165) is 22.9 Å². The number of hydrogen-bond acceptors (Lipinski definition) is 6. The van der Waals surface area contributed by atoms with E-state index in [1.54, 1.807) is 0 Å². The summed E-state index contributed by atoms with van der Waals surface area (Å²) >= 11 is 1.12. The molecular formula is C19H17F2N3O3S. The number of halogens is 2. The number of aromatic nitrogens is 2. The first-order chi connectivity index (χ1) is 13.5. The number of alkyl halides is 2. The molecule has 28 heavy (non-hydrogen) atoms. The molecule has 1 aromatic heterocycles. The fraction of sp³-hybridized carbons (Fsp3) is 0.211. The smallest absolute Gasteiger partial charge is 0.387 e. The van der Waals surface area contributed by atoms with E-state index in [-0.39, 0.29) is 28.5 Å². The largest absolute Gasteiger partial charge is 0.435 e. The number of carbonyl (C=O) groups excluding carboxylic acids is 1. The average molecular weight is 405 g/mol. The zero-order valence-corrected chi connectivity index (χ0v) is 15.7. The Bertz CT molecular complexity index is 915. The Kier molecular flexibility index (Phi) is 6.59. The van der Waals surface area contributed by atoms with E-state index >= 15 is 0 Å². The zero-order chi connectivity index (χ0) is 19.9. The van der Waals surface area contributed by atoms with Crippen LogP contribution in [0.3, 0.4) is 0 Å². The van der Waals surface area contributed by atoms with Crippen LogP contribution < -0.4 is 10.1 Å². The summed E-state index contributed by atoms with van der Waals surface area (Å²) in [5.74, 6) is 0.248.